The van der Waals surface area contributed by atoms with Gasteiger partial charge < -0.3 is 10.4 Å². The minimum atomic E-state index is -4.72. The molecule has 1 aliphatic rings. The van der Waals surface area contributed by atoms with E-state index in [4.69, 9.17) is 5.11 Å². The van der Waals surface area contributed by atoms with Crippen molar-refractivity contribution in [1.82, 2.24) is 14.9 Å². The third kappa shape index (κ3) is 3.62. The van der Waals surface area contributed by atoms with Crippen LogP contribution in [0.2, 0.25) is 0 Å². The van der Waals surface area contributed by atoms with Gasteiger partial charge in [0.15, 0.2) is 0 Å². The largest absolute Gasteiger partial charge is 0.465 e. The van der Waals surface area contributed by atoms with Crippen LogP contribution in [-0.4, -0.2) is 44.6 Å². The first-order chi connectivity index (χ1) is 10.3. The van der Waals surface area contributed by atoms with Crippen LogP contribution in [-0.2, 0) is 11.0 Å². The van der Waals surface area contributed by atoms with Crippen LogP contribution in [0.3, 0.4) is 0 Å². The average Bonchev–Trinajstić information content (AvgIpc) is 2.46. The van der Waals surface area contributed by atoms with Gasteiger partial charge in [0.25, 0.3) is 0 Å². The number of alkyl halides is 3. The maximum Gasteiger partial charge on any atom is 0.451 e. The Morgan fingerprint density at radius 2 is 2.09 bits per heavy atom. The highest BCUT2D eigenvalue weighted by atomic mass is 19.4. The van der Waals surface area contributed by atoms with Gasteiger partial charge >= 0.3 is 12.3 Å². The molecule has 120 valence electrons. The number of carbonyl (C=O) groups excluding carboxylic acids is 1. The monoisotopic (exact) mass is 318 g/mol. The van der Waals surface area contributed by atoms with Crippen molar-refractivity contribution in [2.24, 2.45) is 0 Å². The first-order valence-electron chi connectivity index (χ1n) is 6.49. The van der Waals surface area contributed by atoms with Gasteiger partial charge in [0.1, 0.15) is 11.9 Å². The number of carbonyl (C=O) groups is 2. The van der Waals surface area contributed by atoms with Crippen LogP contribution in [0.25, 0.3) is 0 Å². The molecule has 1 aromatic rings. The molecule has 2 rings (SSSR count). The Labute approximate surface area is 123 Å². The fraction of sp³-hybridized carbons (Fsp3) is 0.500. The molecule has 7 nitrogen and oxygen atoms in total. The lowest BCUT2D eigenvalue weighted by Gasteiger charge is -2.32. The predicted octanol–water partition coefficient (Wildman–Crippen LogP) is 1.97. The number of hydrogen-bond donors (Lipinski definition) is 2. The molecule has 1 aliphatic heterocycles. The molecule has 0 bridgehead atoms. The zero-order valence-electron chi connectivity index (χ0n) is 11.3. The molecule has 10 heteroatoms. The fourth-order valence-electron chi connectivity index (χ4n) is 2.21. The van der Waals surface area contributed by atoms with E-state index in [-0.39, 0.29) is 12.4 Å². The number of amides is 2. The van der Waals surface area contributed by atoms with Crippen molar-refractivity contribution >= 4 is 17.8 Å². The Hall–Kier alpha value is -2.39. The molecule has 0 spiro atoms. The Bertz CT molecular complexity index is 579. The molecular formula is C12H13F3N4O3. The van der Waals surface area contributed by atoms with E-state index in [1.54, 1.807) is 0 Å². The van der Waals surface area contributed by atoms with Gasteiger partial charge in [-0.05, 0) is 25.3 Å². The van der Waals surface area contributed by atoms with E-state index in [1.807, 2.05) is 0 Å². The summed E-state index contributed by atoms with van der Waals surface area (Å²) in [5.41, 5.74) is 0. The highest BCUT2D eigenvalue weighted by Crippen LogP contribution is 2.26. The number of carboxylic acid groups (broad SMARTS) is 1. The summed E-state index contributed by atoms with van der Waals surface area (Å²) in [5.74, 6) is -2.39. The summed E-state index contributed by atoms with van der Waals surface area (Å²) in [5, 5.41) is 11.3. The minimum absolute atomic E-state index is 0.213. The molecule has 1 unspecified atom stereocenters. The smallest absolute Gasteiger partial charge is 0.451 e. The molecule has 2 amide bonds. The molecule has 1 fully saturated rings. The predicted molar refractivity (Wildman–Crippen MR) is 68.0 cm³/mol. The number of anilines is 1. The normalized spacial score (nSPS) is 18.9. The maximum absolute atomic E-state index is 12.5. The van der Waals surface area contributed by atoms with Crippen LogP contribution >= 0.6 is 0 Å². The lowest BCUT2D eigenvalue weighted by molar-refractivity contribution is -0.145. The molecule has 22 heavy (non-hydrogen) atoms. The first-order valence-corrected chi connectivity index (χ1v) is 6.49. The van der Waals surface area contributed by atoms with Crippen LogP contribution in [0.4, 0.5) is 23.8 Å². The van der Waals surface area contributed by atoms with Crippen LogP contribution in [0.1, 0.15) is 25.1 Å². The van der Waals surface area contributed by atoms with Gasteiger partial charge in [-0.2, -0.15) is 13.2 Å². The second-order valence-electron chi connectivity index (χ2n) is 4.74. The Kier molecular flexibility index (Phi) is 4.48. The van der Waals surface area contributed by atoms with E-state index in [0.29, 0.717) is 19.3 Å². The SMILES string of the molecule is O=C(Nc1ccnc(C(F)(F)F)n1)C1CCCCN1C(=O)O. The van der Waals surface area contributed by atoms with E-state index in [2.05, 4.69) is 15.3 Å². The average molecular weight is 318 g/mol. The molecule has 0 aromatic carbocycles. The number of hydrogen-bond acceptors (Lipinski definition) is 4. The second-order valence-corrected chi connectivity index (χ2v) is 4.74. The van der Waals surface area contributed by atoms with Gasteiger partial charge in [0.05, 0.1) is 0 Å². The summed E-state index contributed by atoms with van der Waals surface area (Å²) in [4.78, 5) is 30.4. The lowest BCUT2D eigenvalue weighted by Crippen LogP contribution is -2.49. The van der Waals surface area contributed by atoms with E-state index in [9.17, 15) is 22.8 Å². The van der Waals surface area contributed by atoms with Gasteiger partial charge in [-0.15, -0.1) is 0 Å². The molecular weight excluding hydrogens is 305 g/mol. The summed E-state index contributed by atoms with van der Waals surface area (Å²) in [6.07, 6.45) is -3.46. The quantitative estimate of drug-likeness (QED) is 0.869. The minimum Gasteiger partial charge on any atom is -0.465 e. The van der Waals surface area contributed by atoms with Gasteiger partial charge in [0.2, 0.25) is 11.7 Å². The number of halogens is 3. The van der Waals surface area contributed by atoms with Crippen molar-refractivity contribution < 1.29 is 27.9 Å². The molecule has 0 saturated carbocycles. The molecule has 0 radical (unpaired) electrons. The van der Waals surface area contributed by atoms with Crippen molar-refractivity contribution in [3.63, 3.8) is 0 Å². The molecule has 1 saturated heterocycles. The van der Waals surface area contributed by atoms with Crippen molar-refractivity contribution in [2.45, 2.75) is 31.5 Å². The second kappa shape index (κ2) is 6.16. The van der Waals surface area contributed by atoms with E-state index in [1.165, 1.54) is 0 Å². The summed E-state index contributed by atoms with van der Waals surface area (Å²) in [6, 6.07) is 0.178. The third-order valence-corrected chi connectivity index (χ3v) is 3.21. The summed E-state index contributed by atoms with van der Waals surface area (Å²) < 4.78 is 37.5. The molecule has 2 heterocycles. The lowest BCUT2D eigenvalue weighted by atomic mass is 10.0. The Morgan fingerprint density at radius 1 is 1.36 bits per heavy atom. The fourth-order valence-corrected chi connectivity index (χ4v) is 2.21. The zero-order valence-corrected chi connectivity index (χ0v) is 11.3. The Morgan fingerprint density at radius 3 is 2.73 bits per heavy atom. The van der Waals surface area contributed by atoms with Gasteiger partial charge in [-0.25, -0.2) is 14.8 Å². The topological polar surface area (TPSA) is 95.4 Å². The molecule has 1 aromatic heterocycles. The third-order valence-electron chi connectivity index (χ3n) is 3.21. The molecule has 0 aliphatic carbocycles. The summed E-state index contributed by atoms with van der Waals surface area (Å²) in [6.45, 7) is 0.213. The summed E-state index contributed by atoms with van der Waals surface area (Å²) in [7, 11) is 0. The molecule has 2 N–H and O–H groups in total. The van der Waals surface area contributed by atoms with E-state index >= 15 is 0 Å². The highest BCUT2D eigenvalue weighted by Gasteiger charge is 2.35. The Balaban J connectivity index is 2.12. The highest BCUT2D eigenvalue weighted by molar-refractivity contribution is 5.95. The first kappa shape index (κ1) is 16.0. The number of likely N-dealkylation sites (tertiary alicyclic amines) is 1. The van der Waals surface area contributed by atoms with Gasteiger partial charge in [0, 0.05) is 12.7 Å². The number of nitrogens with zero attached hydrogens (tertiary/aromatic N) is 3. The van der Waals surface area contributed by atoms with Crippen molar-refractivity contribution in [1.29, 1.82) is 0 Å². The summed E-state index contributed by atoms with van der Waals surface area (Å²) >= 11 is 0. The zero-order chi connectivity index (χ0) is 16.3. The van der Waals surface area contributed by atoms with Gasteiger partial charge in [-0.1, -0.05) is 0 Å². The maximum atomic E-state index is 12.5. The van der Waals surface area contributed by atoms with Crippen molar-refractivity contribution in [3.05, 3.63) is 18.1 Å². The number of nitrogens with one attached hydrogen (secondary N) is 1. The van der Waals surface area contributed by atoms with E-state index < -0.39 is 30.0 Å². The van der Waals surface area contributed by atoms with Crippen LogP contribution in [0.15, 0.2) is 12.3 Å². The van der Waals surface area contributed by atoms with Crippen LogP contribution in [0, 0.1) is 0 Å². The van der Waals surface area contributed by atoms with Crippen molar-refractivity contribution in [2.75, 3.05) is 11.9 Å². The van der Waals surface area contributed by atoms with Crippen molar-refractivity contribution in [3.8, 4) is 0 Å². The number of piperidine rings is 1. The number of aromatic nitrogens is 2. The van der Waals surface area contributed by atoms with Crippen LogP contribution in [0.5, 0.6) is 0 Å². The van der Waals surface area contributed by atoms with E-state index in [0.717, 1.165) is 17.2 Å². The van der Waals surface area contributed by atoms with Gasteiger partial charge in [-0.3, -0.25) is 9.69 Å². The van der Waals surface area contributed by atoms with Crippen LogP contribution < -0.4 is 5.32 Å². The number of rotatable bonds is 2. The molecule has 1 atom stereocenters. The standard InChI is InChI=1S/C12H13F3N4O3/c13-12(14,15)10-16-5-4-8(18-10)17-9(20)7-3-1-2-6-19(7)11(21)22/h4-5,7H,1-3,6H2,(H,21,22)(H,16,17,18,20).